The van der Waals surface area contributed by atoms with Gasteiger partial charge in [0.05, 0.1) is 6.10 Å². The maximum Gasteiger partial charge on any atom is 0.129 e. The lowest BCUT2D eigenvalue weighted by molar-refractivity contribution is 0.120. The van der Waals surface area contributed by atoms with Gasteiger partial charge in [-0.3, -0.25) is 4.90 Å². The molecular formula is C14H20FNO. The van der Waals surface area contributed by atoms with Crippen LogP contribution in [0.2, 0.25) is 0 Å². The van der Waals surface area contributed by atoms with Crippen molar-refractivity contribution in [1.82, 2.24) is 4.90 Å². The van der Waals surface area contributed by atoms with Crippen molar-refractivity contribution in [3.8, 4) is 0 Å². The first-order valence-corrected chi connectivity index (χ1v) is 6.22. The van der Waals surface area contributed by atoms with Crippen LogP contribution in [0.15, 0.2) is 24.3 Å². The second kappa shape index (κ2) is 5.15. The summed E-state index contributed by atoms with van der Waals surface area (Å²) in [6.07, 6.45) is -0.728. The average molecular weight is 237 g/mol. The molecule has 0 aromatic heterocycles. The molecule has 2 nitrogen and oxygen atoms in total. The monoisotopic (exact) mass is 237 g/mol. The van der Waals surface area contributed by atoms with E-state index in [1.165, 1.54) is 6.07 Å². The van der Waals surface area contributed by atoms with Crippen LogP contribution in [0.25, 0.3) is 0 Å². The van der Waals surface area contributed by atoms with Crippen LogP contribution < -0.4 is 0 Å². The average Bonchev–Trinajstić information content (AvgIpc) is 2.58. The highest BCUT2D eigenvalue weighted by molar-refractivity contribution is 5.20. The van der Waals surface area contributed by atoms with E-state index in [0.29, 0.717) is 23.9 Å². The Bertz CT molecular complexity index is 372. The zero-order chi connectivity index (χ0) is 12.4. The topological polar surface area (TPSA) is 23.5 Å². The molecule has 1 saturated heterocycles. The Labute approximate surface area is 102 Å². The minimum atomic E-state index is -0.728. The predicted molar refractivity (Wildman–Crippen MR) is 66.1 cm³/mol. The van der Waals surface area contributed by atoms with Crippen LogP contribution in [0, 0.1) is 17.7 Å². The Morgan fingerprint density at radius 2 is 1.88 bits per heavy atom. The van der Waals surface area contributed by atoms with Gasteiger partial charge in [0.15, 0.2) is 0 Å². The van der Waals surface area contributed by atoms with E-state index < -0.39 is 6.10 Å². The van der Waals surface area contributed by atoms with Gasteiger partial charge in [-0.1, -0.05) is 32.0 Å². The Balaban J connectivity index is 1.98. The lowest BCUT2D eigenvalue weighted by Crippen LogP contribution is -2.27. The molecule has 3 unspecified atom stereocenters. The minimum Gasteiger partial charge on any atom is -0.387 e. The smallest absolute Gasteiger partial charge is 0.129 e. The molecule has 1 aromatic carbocycles. The highest BCUT2D eigenvalue weighted by Crippen LogP contribution is 2.25. The van der Waals surface area contributed by atoms with Crippen molar-refractivity contribution in [3.63, 3.8) is 0 Å². The molecule has 94 valence electrons. The highest BCUT2D eigenvalue weighted by atomic mass is 19.1. The van der Waals surface area contributed by atoms with Crippen LogP contribution in [0.1, 0.15) is 25.5 Å². The zero-order valence-corrected chi connectivity index (χ0v) is 10.4. The standard InChI is InChI=1S/C14H20FNO/c1-10-7-16(8-11(10)2)9-14(17)12-5-3-4-6-13(12)15/h3-6,10-11,14,17H,7-9H2,1-2H3. The number of aliphatic hydroxyl groups is 1. The van der Waals surface area contributed by atoms with E-state index in [1.54, 1.807) is 18.2 Å². The Morgan fingerprint density at radius 3 is 2.47 bits per heavy atom. The summed E-state index contributed by atoms with van der Waals surface area (Å²) in [6, 6.07) is 6.46. The van der Waals surface area contributed by atoms with Crippen LogP contribution in [0.5, 0.6) is 0 Å². The summed E-state index contributed by atoms with van der Waals surface area (Å²) in [4.78, 5) is 2.21. The van der Waals surface area contributed by atoms with E-state index in [4.69, 9.17) is 0 Å². The fourth-order valence-corrected chi connectivity index (χ4v) is 2.49. The van der Waals surface area contributed by atoms with Gasteiger partial charge in [-0.15, -0.1) is 0 Å². The Kier molecular flexibility index (Phi) is 3.79. The van der Waals surface area contributed by atoms with E-state index in [1.807, 2.05) is 0 Å². The molecule has 1 heterocycles. The fraction of sp³-hybridized carbons (Fsp3) is 0.571. The predicted octanol–water partition coefficient (Wildman–Crippen LogP) is 2.45. The molecule has 0 saturated carbocycles. The third kappa shape index (κ3) is 2.85. The quantitative estimate of drug-likeness (QED) is 0.873. The second-order valence-electron chi connectivity index (χ2n) is 5.21. The molecule has 3 heteroatoms. The van der Waals surface area contributed by atoms with Crippen molar-refractivity contribution in [2.24, 2.45) is 11.8 Å². The number of hydrogen-bond acceptors (Lipinski definition) is 2. The molecule has 17 heavy (non-hydrogen) atoms. The molecule has 1 aliphatic heterocycles. The van der Waals surface area contributed by atoms with Crippen molar-refractivity contribution in [3.05, 3.63) is 35.6 Å². The molecule has 0 radical (unpaired) electrons. The summed E-state index contributed by atoms with van der Waals surface area (Å²) >= 11 is 0. The van der Waals surface area contributed by atoms with Crippen LogP contribution in [-0.4, -0.2) is 29.6 Å². The summed E-state index contributed by atoms with van der Waals surface area (Å²) in [7, 11) is 0. The van der Waals surface area contributed by atoms with Crippen LogP contribution in [-0.2, 0) is 0 Å². The summed E-state index contributed by atoms with van der Waals surface area (Å²) in [6.45, 7) is 6.95. The second-order valence-corrected chi connectivity index (χ2v) is 5.21. The Hall–Kier alpha value is -0.930. The van der Waals surface area contributed by atoms with Gasteiger partial charge in [0.2, 0.25) is 0 Å². The lowest BCUT2D eigenvalue weighted by atomic mass is 10.0. The number of nitrogens with zero attached hydrogens (tertiary/aromatic N) is 1. The first-order valence-electron chi connectivity index (χ1n) is 6.22. The maximum absolute atomic E-state index is 13.5. The summed E-state index contributed by atoms with van der Waals surface area (Å²) in [5.41, 5.74) is 0.403. The van der Waals surface area contributed by atoms with E-state index >= 15 is 0 Å². The van der Waals surface area contributed by atoms with Crippen LogP contribution in [0.4, 0.5) is 4.39 Å². The number of rotatable bonds is 3. The molecule has 1 fully saturated rings. The molecule has 2 rings (SSSR count). The van der Waals surface area contributed by atoms with Gasteiger partial charge in [-0.25, -0.2) is 4.39 Å². The normalized spacial score (nSPS) is 27.3. The number of likely N-dealkylation sites (tertiary alicyclic amines) is 1. The van der Waals surface area contributed by atoms with Gasteiger partial charge in [0.1, 0.15) is 5.82 Å². The SMILES string of the molecule is CC1CN(CC(O)c2ccccc2F)CC1C. The minimum absolute atomic E-state index is 0.319. The molecular weight excluding hydrogens is 217 g/mol. The van der Waals surface area contributed by atoms with Crippen molar-refractivity contribution < 1.29 is 9.50 Å². The first-order chi connectivity index (χ1) is 8.08. The fourth-order valence-electron chi connectivity index (χ4n) is 2.49. The van der Waals surface area contributed by atoms with Crippen LogP contribution >= 0.6 is 0 Å². The number of β-amino-alcohol motifs (C(OH)–C–C–N with tert-alkyl or cyclic N) is 1. The largest absolute Gasteiger partial charge is 0.387 e. The molecule has 0 amide bonds. The molecule has 0 bridgehead atoms. The third-order valence-corrected chi connectivity index (χ3v) is 3.76. The molecule has 3 atom stereocenters. The molecule has 1 aliphatic rings. The first kappa shape index (κ1) is 12.5. The number of benzene rings is 1. The zero-order valence-electron chi connectivity index (χ0n) is 10.4. The summed E-state index contributed by atoms with van der Waals surface area (Å²) < 4.78 is 13.5. The van der Waals surface area contributed by atoms with Crippen molar-refractivity contribution in [2.75, 3.05) is 19.6 Å². The molecule has 1 aromatic rings. The van der Waals surface area contributed by atoms with Gasteiger partial charge in [0.25, 0.3) is 0 Å². The van der Waals surface area contributed by atoms with E-state index in [2.05, 4.69) is 18.7 Å². The van der Waals surface area contributed by atoms with Gasteiger partial charge >= 0.3 is 0 Å². The van der Waals surface area contributed by atoms with Crippen molar-refractivity contribution in [1.29, 1.82) is 0 Å². The summed E-state index contributed by atoms with van der Waals surface area (Å²) in [5, 5.41) is 10.1. The van der Waals surface area contributed by atoms with Crippen LogP contribution in [0.3, 0.4) is 0 Å². The number of halogens is 1. The number of hydrogen-bond donors (Lipinski definition) is 1. The van der Waals surface area contributed by atoms with Gasteiger partial charge in [-0.2, -0.15) is 0 Å². The van der Waals surface area contributed by atoms with Crippen molar-refractivity contribution in [2.45, 2.75) is 20.0 Å². The van der Waals surface area contributed by atoms with Crippen molar-refractivity contribution >= 4 is 0 Å². The van der Waals surface area contributed by atoms with Gasteiger partial charge in [-0.05, 0) is 17.9 Å². The van der Waals surface area contributed by atoms with E-state index in [-0.39, 0.29) is 5.82 Å². The number of aliphatic hydroxyl groups excluding tert-OH is 1. The van der Waals surface area contributed by atoms with E-state index in [9.17, 15) is 9.50 Å². The summed E-state index contributed by atoms with van der Waals surface area (Å²) in [5.74, 6) is 0.992. The highest BCUT2D eigenvalue weighted by Gasteiger charge is 2.27. The van der Waals surface area contributed by atoms with Gasteiger partial charge in [0, 0.05) is 25.2 Å². The lowest BCUT2D eigenvalue weighted by Gasteiger charge is -2.20. The molecule has 0 spiro atoms. The van der Waals surface area contributed by atoms with E-state index in [0.717, 1.165) is 13.1 Å². The molecule has 0 aliphatic carbocycles. The van der Waals surface area contributed by atoms with Gasteiger partial charge < -0.3 is 5.11 Å². The Morgan fingerprint density at radius 1 is 1.29 bits per heavy atom. The molecule has 1 N–H and O–H groups in total. The third-order valence-electron chi connectivity index (χ3n) is 3.76. The maximum atomic E-state index is 13.5.